The number of pyridine rings is 2. The molecule has 8 nitrogen and oxygen atoms in total. The Morgan fingerprint density at radius 1 is 1.15 bits per heavy atom. The van der Waals surface area contributed by atoms with Crippen LogP contribution >= 0.6 is 0 Å². The first-order chi connectivity index (χ1) is 16.6. The van der Waals surface area contributed by atoms with E-state index in [1.807, 2.05) is 24.3 Å². The van der Waals surface area contributed by atoms with Crippen LogP contribution in [0.3, 0.4) is 0 Å². The third kappa shape index (κ3) is 6.31. The predicted octanol–water partition coefficient (Wildman–Crippen LogP) is 3.27. The quantitative estimate of drug-likeness (QED) is 0.398. The van der Waals surface area contributed by atoms with E-state index in [9.17, 15) is 14.7 Å². The number of carbonyl (C=O) groups excluding carboxylic acids is 1. The van der Waals surface area contributed by atoms with E-state index in [1.165, 1.54) is 11.8 Å². The summed E-state index contributed by atoms with van der Waals surface area (Å²) in [5.74, 6) is 0.167. The van der Waals surface area contributed by atoms with Gasteiger partial charge >= 0.3 is 5.97 Å². The topological polar surface area (TPSA) is 113 Å². The molecule has 0 spiro atoms. The number of hydrogen-bond acceptors (Lipinski definition) is 6. The molecule has 0 saturated heterocycles. The number of benzene rings is 1. The molecule has 8 heteroatoms. The number of carboxylic acid groups (broad SMARTS) is 1. The number of anilines is 1. The first-order valence-electron chi connectivity index (χ1n) is 11.5. The van der Waals surface area contributed by atoms with Crippen LogP contribution in [0.5, 0.6) is 5.75 Å². The molecule has 3 aromatic rings. The highest BCUT2D eigenvalue weighted by Crippen LogP contribution is 2.20. The van der Waals surface area contributed by atoms with Crippen molar-refractivity contribution in [3.8, 4) is 5.75 Å². The van der Waals surface area contributed by atoms with Crippen LogP contribution in [0.25, 0.3) is 0 Å². The van der Waals surface area contributed by atoms with E-state index in [1.54, 1.807) is 18.3 Å². The zero-order valence-electron chi connectivity index (χ0n) is 18.9. The van der Waals surface area contributed by atoms with E-state index < -0.39 is 17.9 Å². The number of carbonyl (C=O) groups is 2. The second-order valence-electron chi connectivity index (χ2n) is 8.25. The summed E-state index contributed by atoms with van der Waals surface area (Å²) in [6.07, 6.45) is 7.03. The normalized spacial score (nSPS) is 13.3. The average Bonchev–Trinajstić information content (AvgIpc) is 2.87. The maximum atomic E-state index is 12.3. The summed E-state index contributed by atoms with van der Waals surface area (Å²) in [6, 6.07) is 13.7. The molecule has 176 valence electrons. The van der Waals surface area contributed by atoms with E-state index in [0.717, 1.165) is 55.1 Å². The standard InChI is InChI=1S/C26H28N4O4/c31-25(20-5-1-13-27-17-20)30-23(26(32)33)16-18-7-11-22(12-8-18)34-15-3-6-21-10-9-19-4-2-14-28-24(19)29-21/h1,5,7-13,17,23H,2-4,6,14-16H2,(H,28,29)(H,30,31)(H,32,33)/t23-/m0/s1. The lowest BCUT2D eigenvalue weighted by Crippen LogP contribution is -2.42. The molecule has 0 radical (unpaired) electrons. The summed E-state index contributed by atoms with van der Waals surface area (Å²) in [6.45, 7) is 1.54. The molecule has 0 fully saturated rings. The molecular weight excluding hydrogens is 432 g/mol. The Kier molecular flexibility index (Phi) is 7.70. The van der Waals surface area contributed by atoms with Crippen molar-refractivity contribution in [1.29, 1.82) is 0 Å². The van der Waals surface area contributed by atoms with E-state index in [4.69, 9.17) is 9.72 Å². The number of aliphatic carboxylic acids is 1. The number of aromatic nitrogens is 2. The molecule has 3 heterocycles. The largest absolute Gasteiger partial charge is 0.494 e. The van der Waals surface area contributed by atoms with E-state index in [-0.39, 0.29) is 6.42 Å². The van der Waals surface area contributed by atoms with E-state index >= 15 is 0 Å². The Morgan fingerprint density at radius 2 is 2.00 bits per heavy atom. The van der Waals surface area contributed by atoms with Crippen LogP contribution in [0.2, 0.25) is 0 Å². The highest BCUT2D eigenvalue weighted by molar-refractivity contribution is 5.96. The highest BCUT2D eigenvalue weighted by Gasteiger charge is 2.21. The maximum Gasteiger partial charge on any atom is 0.326 e. The molecule has 4 rings (SSSR count). The Balaban J connectivity index is 1.24. The number of carboxylic acids is 1. The van der Waals surface area contributed by atoms with E-state index in [0.29, 0.717) is 12.2 Å². The van der Waals surface area contributed by atoms with Crippen molar-refractivity contribution in [1.82, 2.24) is 15.3 Å². The third-order valence-corrected chi connectivity index (χ3v) is 5.69. The predicted molar refractivity (Wildman–Crippen MR) is 128 cm³/mol. The molecule has 1 atom stereocenters. The van der Waals surface area contributed by atoms with Gasteiger partial charge in [0, 0.05) is 31.1 Å². The second kappa shape index (κ2) is 11.3. The van der Waals surface area contributed by atoms with Crippen LogP contribution in [-0.2, 0) is 24.1 Å². The second-order valence-corrected chi connectivity index (χ2v) is 8.25. The van der Waals surface area contributed by atoms with Gasteiger partial charge in [0.15, 0.2) is 0 Å². The van der Waals surface area contributed by atoms with Gasteiger partial charge in [0.05, 0.1) is 12.2 Å². The van der Waals surface area contributed by atoms with Crippen molar-refractivity contribution in [3.63, 3.8) is 0 Å². The van der Waals surface area contributed by atoms with Crippen LogP contribution in [0.1, 0.15) is 40.0 Å². The zero-order valence-corrected chi connectivity index (χ0v) is 18.9. The number of amides is 1. The van der Waals surface area contributed by atoms with Crippen molar-refractivity contribution >= 4 is 17.7 Å². The lowest BCUT2D eigenvalue weighted by molar-refractivity contribution is -0.139. The fourth-order valence-electron chi connectivity index (χ4n) is 3.85. The minimum atomic E-state index is -1.09. The Labute approximate surface area is 198 Å². The average molecular weight is 461 g/mol. The van der Waals surface area contributed by atoms with Crippen LogP contribution in [0, 0.1) is 0 Å². The molecule has 1 aliphatic rings. The smallest absolute Gasteiger partial charge is 0.326 e. The molecular formula is C26H28N4O4. The van der Waals surface area contributed by atoms with Crippen molar-refractivity contribution in [2.75, 3.05) is 18.5 Å². The molecule has 3 N–H and O–H groups in total. The molecule has 1 aliphatic heterocycles. The number of nitrogens with one attached hydrogen (secondary N) is 2. The zero-order chi connectivity index (χ0) is 23.8. The molecule has 1 aromatic carbocycles. The van der Waals surface area contributed by atoms with Crippen LogP contribution < -0.4 is 15.4 Å². The number of fused-ring (bicyclic) bond motifs is 1. The van der Waals surface area contributed by atoms with Crippen molar-refractivity contribution < 1.29 is 19.4 Å². The molecule has 0 aliphatic carbocycles. The number of rotatable bonds is 10. The number of aryl methyl sites for hydroxylation is 2. The lowest BCUT2D eigenvalue weighted by Gasteiger charge is -2.17. The highest BCUT2D eigenvalue weighted by atomic mass is 16.5. The summed E-state index contributed by atoms with van der Waals surface area (Å²) < 4.78 is 5.83. The summed E-state index contributed by atoms with van der Waals surface area (Å²) in [4.78, 5) is 32.5. The first-order valence-corrected chi connectivity index (χ1v) is 11.5. The van der Waals surface area contributed by atoms with Gasteiger partial charge in [0.2, 0.25) is 0 Å². The van der Waals surface area contributed by atoms with Gasteiger partial charge in [-0.15, -0.1) is 0 Å². The van der Waals surface area contributed by atoms with Crippen molar-refractivity contribution in [2.24, 2.45) is 0 Å². The van der Waals surface area contributed by atoms with Gasteiger partial charge in [-0.1, -0.05) is 18.2 Å². The summed E-state index contributed by atoms with van der Waals surface area (Å²) >= 11 is 0. The lowest BCUT2D eigenvalue weighted by atomic mass is 10.1. The van der Waals surface area contributed by atoms with Gasteiger partial charge in [0.1, 0.15) is 17.6 Å². The van der Waals surface area contributed by atoms with Gasteiger partial charge in [-0.3, -0.25) is 9.78 Å². The van der Waals surface area contributed by atoms with Gasteiger partial charge in [-0.25, -0.2) is 9.78 Å². The first kappa shape index (κ1) is 23.2. The molecule has 34 heavy (non-hydrogen) atoms. The number of ether oxygens (including phenoxy) is 1. The fraction of sp³-hybridized carbons (Fsp3) is 0.308. The minimum Gasteiger partial charge on any atom is -0.494 e. The van der Waals surface area contributed by atoms with Crippen molar-refractivity contribution in [3.05, 3.63) is 83.3 Å². The summed E-state index contributed by atoms with van der Waals surface area (Å²) in [5.41, 5.74) is 3.45. The van der Waals surface area contributed by atoms with Crippen LogP contribution in [0.4, 0.5) is 5.82 Å². The molecule has 1 amide bonds. The maximum absolute atomic E-state index is 12.3. The van der Waals surface area contributed by atoms with Gasteiger partial charge in [-0.2, -0.15) is 0 Å². The number of hydrogen-bond donors (Lipinski definition) is 3. The monoisotopic (exact) mass is 460 g/mol. The molecule has 0 saturated carbocycles. The minimum absolute atomic E-state index is 0.166. The number of nitrogens with zero attached hydrogens (tertiary/aromatic N) is 2. The summed E-state index contributed by atoms with van der Waals surface area (Å²) in [7, 11) is 0. The fourth-order valence-corrected chi connectivity index (χ4v) is 3.85. The van der Waals surface area contributed by atoms with Crippen LogP contribution in [0.15, 0.2) is 60.9 Å². The molecule has 0 bridgehead atoms. The SMILES string of the molecule is O=C(N[C@@H](Cc1ccc(OCCCc2ccc3c(n2)NCCC3)cc1)C(=O)O)c1cccnc1. The Morgan fingerprint density at radius 3 is 2.76 bits per heavy atom. The molecule has 2 aromatic heterocycles. The third-order valence-electron chi connectivity index (χ3n) is 5.69. The van der Waals surface area contributed by atoms with E-state index in [2.05, 4.69) is 27.8 Å². The van der Waals surface area contributed by atoms with Gasteiger partial charge < -0.3 is 20.5 Å². The van der Waals surface area contributed by atoms with Gasteiger partial charge in [0.25, 0.3) is 5.91 Å². The van der Waals surface area contributed by atoms with Crippen molar-refractivity contribution in [2.45, 2.75) is 38.1 Å². The van der Waals surface area contributed by atoms with Crippen LogP contribution in [-0.4, -0.2) is 46.1 Å². The Hall–Kier alpha value is -3.94. The molecule has 0 unspecified atom stereocenters. The van der Waals surface area contributed by atoms with Gasteiger partial charge in [-0.05, 0) is 67.1 Å². The summed E-state index contributed by atoms with van der Waals surface area (Å²) in [5, 5.41) is 15.4. The Bertz CT molecular complexity index is 1120.